The third-order valence-corrected chi connectivity index (χ3v) is 4.92. The summed E-state index contributed by atoms with van der Waals surface area (Å²) in [4.78, 5) is 12.2. The molecular weight excluding hydrogens is 304 g/mol. The van der Waals surface area contributed by atoms with E-state index in [1.165, 1.54) is 10.6 Å². The number of ether oxygens (including phenoxy) is 1. The number of rotatable bonds is 5. The van der Waals surface area contributed by atoms with E-state index in [1.807, 2.05) is 13.8 Å². The highest BCUT2D eigenvalue weighted by Gasteiger charge is 2.32. The van der Waals surface area contributed by atoms with Crippen LogP contribution in [0.2, 0.25) is 0 Å². The molecule has 2 unspecified atom stereocenters. The molecular formula is C15H22N2O4S. The van der Waals surface area contributed by atoms with Crippen LogP contribution < -0.4 is 9.62 Å². The van der Waals surface area contributed by atoms with E-state index in [4.69, 9.17) is 4.74 Å². The summed E-state index contributed by atoms with van der Waals surface area (Å²) < 4.78 is 30.2. The van der Waals surface area contributed by atoms with Crippen molar-refractivity contribution in [2.45, 2.75) is 32.4 Å². The zero-order valence-electron chi connectivity index (χ0n) is 13.3. The quantitative estimate of drug-likeness (QED) is 0.881. The maximum atomic E-state index is 12.2. The predicted octanol–water partition coefficient (Wildman–Crippen LogP) is 1.16. The minimum absolute atomic E-state index is 0.0859. The van der Waals surface area contributed by atoms with Crippen molar-refractivity contribution >= 4 is 21.6 Å². The highest BCUT2D eigenvalue weighted by atomic mass is 32.2. The van der Waals surface area contributed by atoms with E-state index in [2.05, 4.69) is 5.32 Å². The lowest BCUT2D eigenvalue weighted by Crippen LogP contribution is -2.35. The number of hydrogen-bond acceptors (Lipinski definition) is 4. The molecule has 1 heterocycles. The van der Waals surface area contributed by atoms with Gasteiger partial charge in [0.1, 0.15) is 0 Å². The molecule has 6 nitrogen and oxygen atoms in total. The van der Waals surface area contributed by atoms with Crippen LogP contribution in [-0.4, -0.2) is 46.4 Å². The molecule has 0 bridgehead atoms. The highest BCUT2D eigenvalue weighted by Crippen LogP contribution is 2.34. The summed E-state index contributed by atoms with van der Waals surface area (Å²) in [5, 5.41) is 2.85. The van der Waals surface area contributed by atoms with E-state index in [9.17, 15) is 13.2 Å². The first-order chi connectivity index (χ1) is 10.2. The Morgan fingerprint density at radius 3 is 2.77 bits per heavy atom. The van der Waals surface area contributed by atoms with Gasteiger partial charge in [0.2, 0.25) is 10.0 Å². The van der Waals surface area contributed by atoms with Gasteiger partial charge in [0.15, 0.2) is 0 Å². The number of nitrogens with one attached hydrogen (secondary N) is 1. The van der Waals surface area contributed by atoms with Crippen molar-refractivity contribution in [2.75, 3.05) is 24.3 Å². The molecule has 2 rings (SSSR count). The number of anilines is 1. The molecule has 1 aliphatic heterocycles. The first-order valence-corrected chi connectivity index (χ1v) is 9.01. The largest absolute Gasteiger partial charge is 0.383 e. The fourth-order valence-electron chi connectivity index (χ4n) is 2.85. The first kappa shape index (κ1) is 16.8. The van der Waals surface area contributed by atoms with Crippen LogP contribution in [0.4, 0.5) is 5.69 Å². The fourth-order valence-corrected chi connectivity index (χ4v) is 4.11. The maximum absolute atomic E-state index is 12.2. The lowest BCUT2D eigenvalue weighted by molar-refractivity contribution is 0.0905. The second kappa shape index (κ2) is 6.26. The smallest absolute Gasteiger partial charge is 0.251 e. The van der Waals surface area contributed by atoms with Crippen LogP contribution in [0.1, 0.15) is 29.8 Å². The normalized spacial score (nSPS) is 18.9. The molecule has 0 saturated carbocycles. The molecule has 1 aromatic carbocycles. The third-order valence-electron chi connectivity index (χ3n) is 3.65. The molecule has 1 aromatic rings. The molecule has 1 N–H and O–H groups in total. The monoisotopic (exact) mass is 326 g/mol. The van der Waals surface area contributed by atoms with Gasteiger partial charge in [-0.3, -0.25) is 9.10 Å². The Morgan fingerprint density at radius 1 is 1.50 bits per heavy atom. The van der Waals surface area contributed by atoms with Crippen molar-refractivity contribution in [3.63, 3.8) is 0 Å². The molecule has 0 radical (unpaired) electrons. The van der Waals surface area contributed by atoms with Crippen LogP contribution >= 0.6 is 0 Å². The summed E-state index contributed by atoms with van der Waals surface area (Å²) in [6, 6.07) is 4.92. The average Bonchev–Trinajstić information content (AvgIpc) is 2.73. The van der Waals surface area contributed by atoms with Gasteiger partial charge in [-0.15, -0.1) is 0 Å². The van der Waals surface area contributed by atoms with E-state index in [1.54, 1.807) is 25.3 Å². The van der Waals surface area contributed by atoms with E-state index in [-0.39, 0.29) is 18.0 Å². The standard InChI is InChI=1S/C15H22N2O4S/c1-10(9-21-3)16-15(18)12-5-6-14-13(8-12)7-11(2)17(14)22(4,19)20/h5-6,8,10-11H,7,9H2,1-4H3,(H,16,18). The molecule has 1 aliphatic rings. The third kappa shape index (κ3) is 3.41. The topological polar surface area (TPSA) is 75.7 Å². The summed E-state index contributed by atoms with van der Waals surface area (Å²) in [6.45, 7) is 4.17. The van der Waals surface area contributed by atoms with Gasteiger partial charge >= 0.3 is 0 Å². The van der Waals surface area contributed by atoms with Crippen LogP contribution in [0.25, 0.3) is 0 Å². The van der Waals surface area contributed by atoms with Crippen LogP contribution in [0.3, 0.4) is 0 Å². The Kier molecular flexibility index (Phi) is 4.77. The predicted molar refractivity (Wildman–Crippen MR) is 85.7 cm³/mol. The molecule has 22 heavy (non-hydrogen) atoms. The number of hydrogen-bond donors (Lipinski definition) is 1. The van der Waals surface area contributed by atoms with Crippen molar-refractivity contribution in [3.05, 3.63) is 29.3 Å². The number of carbonyl (C=O) groups is 1. The van der Waals surface area contributed by atoms with Crippen molar-refractivity contribution in [1.82, 2.24) is 5.32 Å². The molecule has 7 heteroatoms. The van der Waals surface area contributed by atoms with Crippen molar-refractivity contribution in [3.8, 4) is 0 Å². The molecule has 0 aliphatic carbocycles. The number of fused-ring (bicyclic) bond motifs is 1. The van der Waals surface area contributed by atoms with E-state index < -0.39 is 10.0 Å². The first-order valence-electron chi connectivity index (χ1n) is 7.16. The second-order valence-electron chi connectivity index (χ2n) is 5.79. The summed E-state index contributed by atoms with van der Waals surface area (Å²) in [6.07, 6.45) is 1.81. The highest BCUT2D eigenvalue weighted by molar-refractivity contribution is 7.92. The molecule has 1 amide bonds. The van der Waals surface area contributed by atoms with Crippen LogP contribution in [0.15, 0.2) is 18.2 Å². The van der Waals surface area contributed by atoms with Crippen LogP contribution in [0, 0.1) is 0 Å². The minimum atomic E-state index is -3.31. The Bertz CT molecular complexity index is 672. The summed E-state index contributed by atoms with van der Waals surface area (Å²) in [5.74, 6) is -0.183. The Balaban J connectivity index is 2.24. The van der Waals surface area contributed by atoms with Gasteiger partial charge in [-0.05, 0) is 44.0 Å². The molecule has 0 fully saturated rings. The molecule has 122 valence electrons. The van der Waals surface area contributed by atoms with Crippen molar-refractivity contribution in [1.29, 1.82) is 0 Å². The van der Waals surface area contributed by atoms with E-state index in [0.29, 0.717) is 24.3 Å². The van der Waals surface area contributed by atoms with Gasteiger partial charge < -0.3 is 10.1 Å². The number of carbonyl (C=O) groups excluding carboxylic acids is 1. The number of amides is 1. The fraction of sp³-hybridized carbons (Fsp3) is 0.533. The SMILES string of the molecule is COCC(C)NC(=O)c1ccc2c(c1)CC(C)N2S(C)(=O)=O. The van der Waals surface area contributed by atoms with E-state index >= 15 is 0 Å². The van der Waals surface area contributed by atoms with Crippen molar-refractivity contribution < 1.29 is 17.9 Å². The van der Waals surface area contributed by atoms with Crippen LogP contribution in [-0.2, 0) is 21.2 Å². The van der Waals surface area contributed by atoms with Gasteiger partial charge in [-0.2, -0.15) is 0 Å². The molecule has 0 aromatic heterocycles. The lowest BCUT2D eigenvalue weighted by Gasteiger charge is -2.22. The lowest BCUT2D eigenvalue weighted by atomic mass is 10.1. The summed E-state index contributed by atoms with van der Waals surface area (Å²) in [5.41, 5.74) is 2.07. The molecule has 0 spiro atoms. The number of methoxy groups -OCH3 is 1. The van der Waals surface area contributed by atoms with E-state index in [0.717, 1.165) is 5.56 Å². The second-order valence-corrected chi connectivity index (χ2v) is 7.64. The number of nitrogens with zero attached hydrogens (tertiary/aromatic N) is 1. The number of sulfonamides is 1. The Labute approximate surface area is 131 Å². The van der Waals surface area contributed by atoms with Gasteiger partial charge in [0, 0.05) is 24.8 Å². The zero-order valence-corrected chi connectivity index (χ0v) is 14.1. The van der Waals surface area contributed by atoms with Gasteiger partial charge in [-0.1, -0.05) is 0 Å². The maximum Gasteiger partial charge on any atom is 0.251 e. The van der Waals surface area contributed by atoms with Gasteiger partial charge in [-0.25, -0.2) is 8.42 Å². The molecule has 0 saturated heterocycles. The van der Waals surface area contributed by atoms with Crippen molar-refractivity contribution in [2.24, 2.45) is 0 Å². The molecule has 2 atom stereocenters. The summed E-state index contributed by atoms with van der Waals surface area (Å²) in [7, 11) is -1.73. The summed E-state index contributed by atoms with van der Waals surface area (Å²) >= 11 is 0. The van der Waals surface area contributed by atoms with Gasteiger partial charge in [0.05, 0.1) is 18.6 Å². The zero-order chi connectivity index (χ0) is 16.5. The minimum Gasteiger partial charge on any atom is -0.383 e. The van der Waals surface area contributed by atoms with Gasteiger partial charge in [0.25, 0.3) is 5.91 Å². The average molecular weight is 326 g/mol. The van der Waals surface area contributed by atoms with Crippen LogP contribution in [0.5, 0.6) is 0 Å². The Hall–Kier alpha value is -1.60. The number of benzene rings is 1. The Morgan fingerprint density at radius 2 is 2.18 bits per heavy atom.